The summed E-state index contributed by atoms with van der Waals surface area (Å²) in [5, 5.41) is 13.8. The summed E-state index contributed by atoms with van der Waals surface area (Å²) in [6.45, 7) is 5.41. The molecule has 0 spiro atoms. The lowest BCUT2D eigenvalue weighted by Gasteiger charge is -2.30. The van der Waals surface area contributed by atoms with E-state index in [2.05, 4.69) is 22.8 Å². The summed E-state index contributed by atoms with van der Waals surface area (Å²) in [7, 11) is 0. The van der Waals surface area contributed by atoms with Gasteiger partial charge >= 0.3 is 12.1 Å². The van der Waals surface area contributed by atoms with Gasteiger partial charge in [-0.1, -0.05) is 69.3 Å². The summed E-state index contributed by atoms with van der Waals surface area (Å²) >= 11 is 0. The van der Waals surface area contributed by atoms with E-state index in [1.807, 2.05) is 57.2 Å². The molecule has 1 atom stereocenters. The minimum absolute atomic E-state index is 0.0407. The first-order valence-electron chi connectivity index (χ1n) is 10.3. The van der Waals surface area contributed by atoms with Gasteiger partial charge in [-0.3, -0.25) is 9.59 Å². The van der Waals surface area contributed by atoms with Gasteiger partial charge in [0.2, 0.25) is 5.91 Å². The largest absolute Gasteiger partial charge is 0.480 e. The fourth-order valence-electron chi connectivity index (χ4n) is 3.79. The zero-order valence-corrected chi connectivity index (χ0v) is 18.0. The number of fused-ring (bicyclic) bond motifs is 3. The molecule has 0 bridgehead atoms. The summed E-state index contributed by atoms with van der Waals surface area (Å²) < 4.78 is 5.57. The van der Waals surface area contributed by atoms with E-state index in [9.17, 15) is 14.4 Å². The number of aliphatic carboxylic acids is 1. The molecule has 1 aliphatic rings. The molecule has 0 aliphatic heterocycles. The third-order valence-electron chi connectivity index (χ3n) is 5.51. The molecule has 7 nitrogen and oxygen atoms in total. The van der Waals surface area contributed by atoms with Gasteiger partial charge in [-0.25, -0.2) is 4.79 Å². The number of carbonyl (C=O) groups is 3. The maximum Gasteiger partial charge on any atom is 0.407 e. The van der Waals surface area contributed by atoms with Crippen molar-refractivity contribution in [3.63, 3.8) is 0 Å². The Kier molecular flexibility index (Phi) is 6.63. The van der Waals surface area contributed by atoms with E-state index in [1.54, 1.807) is 0 Å². The van der Waals surface area contributed by atoms with E-state index >= 15 is 0 Å². The molecule has 0 saturated heterocycles. The van der Waals surface area contributed by atoms with Gasteiger partial charge in [-0.2, -0.15) is 0 Å². The van der Waals surface area contributed by atoms with Gasteiger partial charge in [0, 0.05) is 18.4 Å². The van der Waals surface area contributed by atoms with Crippen LogP contribution in [0.4, 0.5) is 4.79 Å². The molecule has 0 heterocycles. The molecule has 0 radical (unpaired) electrons. The second-order valence-corrected chi connectivity index (χ2v) is 8.76. The summed E-state index contributed by atoms with van der Waals surface area (Å²) in [5.41, 5.74) is 4.12. The van der Waals surface area contributed by atoms with Crippen LogP contribution in [-0.2, 0) is 14.3 Å². The second kappa shape index (κ2) is 9.20. The minimum Gasteiger partial charge on any atom is -0.480 e. The Morgan fingerprint density at radius 3 is 2.06 bits per heavy atom. The minimum atomic E-state index is -1.12. The molecule has 0 aromatic heterocycles. The molecule has 0 fully saturated rings. The van der Waals surface area contributed by atoms with Crippen molar-refractivity contribution < 1.29 is 24.2 Å². The summed E-state index contributed by atoms with van der Waals surface area (Å²) in [5.74, 6) is -1.61. The lowest BCUT2D eigenvalue weighted by Crippen LogP contribution is -2.47. The zero-order valence-electron chi connectivity index (χ0n) is 18.0. The predicted octanol–water partition coefficient (Wildman–Crippen LogP) is 3.53. The molecular weight excluding hydrogens is 396 g/mol. The van der Waals surface area contributed by atoms with Crippen molar-refractivity contribution in [1.29, 1.82) is 0 Å². The fourth-order valence-corrected chi connectivity index (χ4v) is 3.79. The molecule has 2 amide bonds. The van der Waals surface area contributed by atoms with E-state index in [0.717, 1.165) is 22.3 Å². The molecular formula is C24H28N2O5. The molecule has 1 unspecified atom stereocenters. The van der Waals surface area contributed by atoms with Crippen molar-refractivity contribution in [2.75, 3.05) is 13.2 Å². The smallest absolute Gasteiger partial charge is 0.407 e. The molecule has 3 rings (SSSR count). The first-order valence-corrected chi connectivity index (χ1v) is 10.3. The van der Waals surface area contributed by atoms with Gasteiger partial charge in [-0.05, 0) is 27.7 Å². The maximum atomic E-state index is 12.6. The van der Waals surface area contributed by atoms with E-state index < -0.39 is 36.0 Å². The number of rotatable bonds is 7. The summed E-state index contributed by atoms with van der Waals surface area (Å²) in [6, 6.07) is 15.7. The fraction of sp³-hybridized carbons (Fsp3) is 0.375. The summed E-state index contributed by atoms with van der Waals surface area (Å²) in [4.78, 5) is 35.3. The molecule has 31 heavy (non-hydrogen) atoms. The van der Waals surface area contributed by atoms with Crippen LogP contribution >= 0.6 is 0 Å². The third kappa shape index (κ3) is 5.42. The molecule has 2 aromatic rings. The monoisotopic (exact) mass is 424 g/mol. The number of ether oxygens (including phenoxy) is 1. The van der Waals surface area contributed by atoms with Crippen LogP contribution in [0.3, 0.4) is 0 Å². The van der Waals surface area contributed by atoms with Crippen molar-refractivity contribution in [2.24, 2.45) is 5.41 Å². The van der Waals surface area contributed by atoms with Crippen molar-refractivity contribution >= 4 is 18.0 Å². The number of nitrogens with one attached hydrogen (secondary N) is 2. The highest BCUT2D eigenvalue weighted by atomic mass is 16.5. The van der Waals surface area contributed by atoms with Crippen LogP contribution in [0.5, 0.6) is 0 Å². The topological polar surface area (TPSA) is 105 Å². The molecule has 2 aromatic carbocycles. The lowest BCUT2D eigenvalue weighted by atomic mass is 9.84. The lowest BCUT2D eigenvalue weighted by molar-refractivity contribution is -0.138. The van der Waals surface area contributed by atoms with E-state index in [0.29, 0.717) is 0 Å². The van der Waals surface area contributed by atoms with Gasteiger partial charge in [0.05, 0.1) is 0 Å². The molecule has 1 aliphatic carbocycles. The Balaban J connectivity index is 1.64. The van der Waals surface area contributed by atoms with E-state index in [1.165, 1.54) is 0 Å². The number of hydrogen-bond donors (Lipinski definition) is 3. The van der Waals surface area contributed by atoms with Crippen LogP contribution in [-0.4, -0.2) is 42.3 Å². The second-order valence-electron chi connectivity index (χ2n) is 8.76. The SMILES string of the molecule is CC(C)(C)C(CC(=O)NCC(=O)O)NC(=O)OCC1c2ccccc2-c2ccccc21. The number of carboxylic acid groups (broad SMARTS) is 1. The van der Waals surface area contributed by atoms with Gasteiger partial charge in [-0.15, -0.1) is 0 Å². The Morgan fingerprint density at radius 2 is 1.55 bits per heavy atom. The van der Waals surface area contributed by atoms with Gasteiger partial charge < -0.3 is 20.5 Å². The number of alkyl carbamates (subject to hydrolysis) is 1. The van der Waals surface area contributed by atoms with Crippen molar-refractivity contribution in [3.8, 4) is 11.1 Å². The van der Waals surface area contributed by atoms with Crippen LogP contribution in [0.15, 0.2) is 48.5 Å². The molecule has 3 N–H and O–H groups in total. The van der Waals surface area contributed by atoms with Crippen LogP contribution < -0.4 is 10.6 Å². The van der Waals surface area contributed by atoms with Crippen LogP contribution in [0.1, 0.15) is 44.2 Å². The molecule has 0 saturated carbocycles. The average molecular weight is 424 g/mol. The van der Waals surface area contributed by atoms with Gasteiger partial charge in [0.25, 0.3) is 0 Å². The Bertz CT molecular complexity index is 934. The first-order chi connectivity index (χ1) is 14.7. The number of hydrogen-bond acceptors (Lipinski definition) is 4. The standard InChI is InChI=1S/C24H28N2O5/c1-24(2,3)20(12-21(27)25-13-22(28)29)26-23(30)31-14-19-17-10-6-4-8-15(17)16-9-5-7-11-18(16)19/h4-11,19-20H,12-14H2,1-3H3,(H,25,27)(H,26,30)(H,28,29). The number of carbonyl (C=O) groups excluding carboxylic acids is 2. The zero-order chi connectivity index (χ0) is 22.6. The molecule has 164 valence electrons. The van der Waals surface area contributed by atoms with E-state index in [-0.39, 0.29) is 18.9 Å². The van der Waals surface area contributed by atoms with Crippen LogP contribution in [0, 0.1) is 5.41 Å². The maximum absolute atomic E-state index is 12.6. The van der Waals surface area contributed by atoms with Crippen LogP contribution in [0.25, 0.3) is 11.1 Å². The molecule has 7 heteroatoms. The number of amides is 2. The highest BCUT2D eigenvalue weighted by Gasteiger charge is 2.31. The number of carboxylic acids is 1. The van der Waals surface area contributed by atoms with Gasteiger partial charge in [0.1, 0.15) is 13.2 Å². The highest BCUT2D eigenvalue weighted by molar-refractivity contribution is 5.82. The summed E-state index contributed by atoms with van der Waals surface area (Å²) in [6.07, 6.45) is -0.645. The van der Waals surface area contributed by atoms with E-state index in [4.69, 9.17) is 9.84 Å². The quantitative estimate of drug-likeness (QED) is 0.631. The average Bonchev–Trinajstić information content (AvgIpc) is 3.03. The Morgan fingerprint density at radius 1 is 1.00 bits per heavy atom. The first kappa shape index (κ1) is 22.3. The normalized spacial score (nSPS) is 13.6. The number of benzene rings is 2. The predicted molar refractivity (Wildman–Crippen MR) is 117 cm³/mol. The van der Waals surface area contributed by atoms with Crippen molar-refractivity contribution in [1.82, 2.24) is 10.6 Å². The Labute approximate surface area is 181 Å². The highest BCUT2D eigenvalue weighted by Crippen LogP contribution is 2.44. The van der Waals surface area contributed by atoms with Crippen molar-refractivity contribution in [2.45, 2.75) is 39.2 Å². The third-order valence-corrected chi connectivity index (χ3v) is 5.51. The van der Waals surface area contributed by atoms with Crippen molar-refractivity contribution in [3.05, 3.63) is 59.7 Å². The Hall–Kier alpha value is -3.35. The van der Waals surface area contributed by atoms with Crippen LogP contribution in [0.2, 0.25) is 0 Å². The van der Waals surface area contributed by atoms with Gasteiger partial charge in [0.15, 0.2) is 0 Å².